The first kappa shape index (κ1) is 15.5. The fourth-order valence-corrected chi connectivity index (χ4v) is 2.83. The zero-order chi connectivity index (χ0) is 16.1. The molecule has 2 aromatic rings. The molecule has 1 fully saturated rings. The molecule has 23 heavy (non-hydrogen) atoms. The summed E-state index contributed by atoms with van der Waals surface area (Å²) in [5.41, 5.74) is 1.66. The lowest BCUT2D eigenvalue weighted by atomic mass is 10.1. The molecule has 0 radical (unpaired) electrons. The molecule has 1 aliphatic rings. The summed E-state index contributed by atoms with van der Waals surface area (Å²) in [6.07, 6.45) is 3.18. The molecule has 1 N–H and O–H groups in total. The highest BCUT2D eigenvalue weighted by Crippen LogP contribution is 2.18. The summed E-state index contributed by atoms with van der Waals surface area (Å²) in [4.78, 5) is 23.3. The van der Waals surface area contributed by atoms with Crippen molar-refractivity contribution in [3.8, 4) is 0 Å². The Bertz CT molecular complexity index is 666. The van der Waals surface area contributed by atoms with Crippen molar-refractivity contribution in [3.05, 3.63) is 53.5 Å². The zero-order valence-electron chi connectivity index (χ0n) is 13.5. The number of amides is 1. The van der Waals surface area contributed by atoms with Gasteiger partial charge in [-0.05, 0) is 31.7 Å². The molecule has 0 aliphatic carbocycles. The number of aromatic nitrogens is 2. The van der Waals surface area contributed by atoms with Crippen molar-refractivity contribution in [1.82, 2.24) is 15.3 Å². The van der Waals surface area contributed by atoms with Gasteiger partial charge in [0.05, 0.1) is 0 Å². The molecule has 1 saturated heterocycles. The minimum absolute atomic E-state index is 0.133. The van der Waals surface area contributed by atoms with E-state index < -0.39 is 0 Å². The maximum Gasteiger partial charge on any atom is 0.270 e. The van der Waals surface area contributed by atoms with Gasteiger partial charge in [0.1, 0.15) is 17.3 Å². The molecular formula is C18H22N4O. The van der Waals surface area contributed by atoms with Crippen molar-refractivity contribution >= 4 is 11.7 Å². The van der Waals surface area contributed by atoms with Gasteiger partial charge in [0.25, 0.3) is 5.91 Å². The monoisotopic (exact) mass is 310 g/mol. The molecule has 2 heterocycles. The van der Waals surface area contributed by atoms with Crippen LogP contribution in [0.2, 0.25) is 0 Å². The quantitative estimate of drug-likeness (QED) is 0.921. The van der Waals surface area contributed by atoms with E-state index in [2.05, 4.69) is 32.3 Å². The van der Waals surface area contributed by atoms with Crippen molar-refractivity contribution in [1.29, 1.82) is 0 Å². The van der Waals surface area contributed by atoms with Crippen LogP contribution in [0.4, 0.5) is 5.82 Å². The van der Waals surface area contributed by atoms with Crippen molar-refractivity contribution in [2.75, 3.05) is 24.5 Å². The summed E-state index contributed by atoms with van der Waals surface area (Å²) < 4.78 is 0. The summed E-state index contributed by atoms with van der Waals surface area (Å²) in [5.74, 6) is 1.37. The second kappa shape index (κ2) is 7.22. The maximum atomic E-state index is 12.3. The molecule has 0 spiro atoms. The van der Waals surface area contributed by atoms with Crippen LogP contribution >= 0.6 is 0 Å². The molecule has 1 aliphatic heterocycles. The Balaban J connectivity index is 1.62. The normalized spacial score (nSPS) is 14.0. The van der Waals surface area contributed by atoms with Crippen LogP contribution in [0.5, 0.6) is 0 Å². The molecule has 5 nitrogen and oxygen atoms in total. The fourth-order valence-electron chi connectivity index (χ4n) is 2.83. The third-order valence-corrected chi connectivity index (χ3v) is 4.03. The second-order valence-corrected chi connectivity index (χ2v) is 5.84. The topological polar surface area (TPSA) is 58.1 Å². The van der Waals surface area contributed by atoms with Gasteiger partial charge >= 0.3 is 0 Å². The van der Waals surface area contributed by atoms with Crippen LogP contribution in [0.25, 0.3) is 0 Å². The van der Waals surface area contributed by atoms with E-state index in [1.807, 2.05) is 25.1 Å². The Morgan fingerprint density at radius 2 is 1.91 bits per heavy atom. The van der Waals surface area contributed by atoms with E-state index in [0.29, 0.717) is 18.1 Å². The average molecular weight is 310 g/mol. The minimum Gasteiger partial charge on any atom is -0.356 e. The first-order chi connectivity index (χ1) is 11.2. The Kier molecular flexibility index (Phi) is 4.86. The third kappa shape index (κ3) is 4.06. The van der Waals surface area contributed by atoms with E-state index in [0.717, 1.165) is 25.3 Å². The second-order valence-electron chi connectivity index (χ2n) is 5.84. The van der Waals surface area contributed by atoms with Crippen LogP contribution in [-0.4, -0.2) is 35.5 Å². The fraction of sp³-hybridized carbons (Fsp3) is 0.389. The average Bonchev–Trinajstić information content (AvgIpc) is 3.10. The van der Waals surface area contributed by atoms with Gasteiger partial charge in [0.15, 0.2) is 0 Å². The zero-order valence-corrected chi connectivity index (χ0v) is 13.5. The van der Waals surface area contributed by atoms with E-state index in [4.69, 9.17) is 0 Å². The SMILES string of the molecule is Cc1nc(C(=O)NCCc2ccccc2)cc(N2CCCC2)n1. The van der Waals surface area contributed by atoms with E-state index in [9.17, 15) is 4.79 Å². The predicted molar refractivity (Wildman–Crippen MR) is 90.7 cm³/mol. The summed E-state index contributed by atoms with van der Waals surface area (Å²) in [6, 6.07) is 11.9. The molecule has 1 aromatic heterocycles. The van der Waals surface area contributed by atoms with E-state index in [1.54, 1.807) is 6.07 Å². The van der Waals surface area contributed by atoms with Crippen LogP contribution in [0, 0.1) is 6.92 Å². The number of nitrogens with one attached hydrogen (secondary N) is 1. The van der Waals surface area contributed by atoms with Crippen LogP contribution < -0.4 is 10.2 Å². The molecule has 1 amide bonds. The first-order valence-corrected chi connectivity index (χ1v) is 8.15. The molecule has 0 saturated carbocycles. The van der Waals surface area contributed by atoms with Gasteiger partial charge < -0.3 is 10.2 Å². The Hall–Kier alpha value is -2.43. The number of rotatable bonds is 5. The van der Waals surface area contributed by atoms with Gasteiger partial charge in [-0.15, -0.1) is 0 Å². The van der Waals surface area contributed by atoms with Crippen molar-refractivity contribution < 1.29 is 4.79 Å². The lowest BCUT2D eigenvalue weighted by Gasteiger charge is -2.17. The van der Waals surface area contributed by atoms with E-state index >= 15 is 0 Å². The molecule has 0 unspecified atom stereocenters. The number of hydrogen-bond acceptors (Lipinski definition) is 4. The van der Waals surface area contributed by atoms with Gasteiger partial charge in [-0.25, -0.2) is 9.97 Å². The smallest absolute Gasteiger partial charge is 0.270 e. The van der Waals surface area contributed by atoms with Crippen LogP contribution in [0.15, 0.2) is 36.4 Å². The first-order valence-electron chi connectivity index (χ1n) is 8.15. The number of hydrogen-bond donors (Lipinski definition) is 1. The molecular weight excluding hydrogens is 288 g/mol. The number of nitrogens with zero attached hydrogens (tertiary/aromatic N) is 3. The lowest BCUT2D eigenvalue weighted by Crippen LogP contribution is -2.28. The summed E-state index contributed by atoms with van der Waals surface area (Å²) >= 11 is 0. The highest BCUT2D eigenvalue weighted by molar-refractivity contribution is 5.92. The summed E-state index contributed by atoms with van der Waals surface area (Å²) in [7, 11) is 0. The number of benzene rings is 1. The minimum atomic E-state index is -0.133. The van der Waals surface area contributed by atoms with Crippen molar-refractivity contribution in [3.63, 3.8) is 0 Å². The standard InChI is InChI=1S/C18H22N4O/c1-14-20-16(13-17(21-14)22-11-5-6-12-22)18(23)19-10-9-15-7-3-2-4-8-15/h2-4,7-8,13H,5-6,9-12H2,1H3,(H,19,23). The molecule has 3 rings (SSSR count). The number of carbonyl (C=O) groups excluding carboxylic acids is 1. The number of anilines is 1. The van der Waals surface area contributed by atoms with Crippen LogP contribution in [-0.2, 0) is 6.42 Å². The summed E-state index contributed by atoms with van der Waals surface area (Å²) in [6.45, 7) is 4.45. The van der Waals surface area contributed by atoms with Crippen LogP contribution in [0.3, 0.4) is 0 Å². The molecule has 120 valence electrons. The van der Waals surface area contributed by atoms with Gasteiger partial charge in [-0.3, -0.25) is 4.79 Å². The van der Waals surface area contributed by atoms with E-state index in [-0.39, 0.29) is 5.91 Å². The molecule has 5 heteroatoms. The van der Waals surface area contributed by atoms with Crippen molar-refractivity contribution in [2.45, 2.75) is 26.2 Å². The number of aryl methyl sites for hydroxylation is 1. The maximum absolute atomic E-state index is 12.3. The Morgan fingerprint density at radius 1 is 1.17 bits per heavy atom. The van der Waals surface area contributed by atoms with Crippen molar-refractivity contribution in [2.24, 2.45) is 0 Å². The largest absolute Gasteiger partial charge is 0.356 e. The molecule has 0 bridgehead atoms. The number of carbonyl (C=O) groups is 1. The Labute approximate surface area is 136 Å². The lowest BCUT2D eigenvalue weighted by molar-refractivity contribution is 0.0949. The van der Waals surface area contributed by atoms with Gasteiger partial charge in [-0.2, -0.15) is 0 Å². The summed E-state index contributed by atoms with van der Waals surface area (Å²) in [5, 5.41) is 2.94. The van der Waals surface area contributed by atoms with Gasteiger partial charge in [-0.1, -0.05) is 30.3 Å². The Morgan fingerprint density at radius 3 is 2.65 bits per heavy atom. The highest BCUT2D eigenvalue weighted by Gasteiger charge is 2.17. The molecule has 1 aromatic carbocycles. The van der Waals surface area contributed by atoms with Gasteiger partial charge in [0.2, 0.25) is 0 Å². The van der Waals surface area contributed by atoms with Crippen LogP contribution in [0.1, 0.15) is 34.7 Å². The van der Waals surface area contributed by atoms with Gasteiger partial charge in [0, 0.05) is 25.7 Å². The predicted octanol–water partition coefficient (Wildman–Crippen LogP) is 2.36. The highest BCUT2D eigenvalue weighted by atomic mass is 16.1. The molecule has 0 atom stereocenters. The van der Waals surface area contributed by atoms with E-state index in [1.165, 1.54) is 18.4 Å². The third-order valence-electron chi connectivity index (χ3n) is 4.03.